The van der Waals surface area contributed by atoms with Crippen molar-refractivity contribution in [2.75, 3.05) is 0 Å². The molecule has 1 aliphatic carbocycles. The van der Waals surface area contributed by atoms with Gasteiger partial charge in [-0.2, -0.15) is 0 Å². The summed E-state index contributed by atoms with van der Waals surface area (Å²) in [6.45, 7) is 17.7. The summed E-state index contributed by atoms with van der Waals surface area (Å²) < 4.78 is 12.4. The van der Waals surface area contributed by atoms with Crippen LogP contribution >= 0.6 is 0 Å². The molecule has 2 aliphatic rings. The van der Waals surface area contributed by atoms with Crippen molar-refractivity contribution >= 4 is 5.97 Å². The summed E-state index contributed by atoms with van der Waals surface area (Å²) in [7, 11) is 0. The highest BCUT2D eigenvalue weighted by molar-refractivity contribution is 5.83. The molecule has 3 unspecified atom stereocenters. The van der Waals surface area contributed by atoms with Crippen molar-refractivity contribution in [2.24, 2.45) is 17.8 Å². The van der Waals surface area contributed by atoms with E-state index in [1.54, 1.807) is 6.08 Å². The fraction of sp³-hybridized carbons (Fsp3) is 0.676. The first kappa shape index (κ1) is 31.2. The second-order valence-corrected chi connectivity index (χ2v) is 12.3. The zero-order valence-corrected chi connectivity index (χ0v) is 25.1. The molecule has 0 N–H and O–H groups in total. The van der Waals surface area contributed by atoms with Gasteiger partial charge in [-0.15, -0.1) is 0 Å². The summed E-state index contributed by atoms with van der Waals surface area (Å²) in [5.41, 5.74) is 5.78. The van der Waals surface area contributed by atoms with Crippen LogP contribution in [-0.4, -0.2) is 11.8 Å². The van der Waals surface area contributed by atoms with Gasteiger partial charge in [0, 0.05) is 18.8 Å². The number of hydrogen-bond acceptors (Lipinski definition) is 3. The van der Waals surface area contributed by atoms with Gasteiger partial charge in [-0.25, -0.2) is 4.79 Å². The van der Waals surface area contributed by atoms with Gasteiger partial charge in [0.2, 0.25) is 0 Å². The lowest BCUT2D eigenvalue weighted by molar-refractivity contribution is -0.269. The lowest BCUT2D eigenvalue weighted by atomic mass is 9.72. The summed E-state index contributed by atoms with van der Waals surface area (Å²) in [6, 6.07) is 0. The number of ether oxygens (including phenoxy) is 2. The summed E-state index contributed by atoms with van der Waals surface area (Å²) in [5, 5.41) is 0. The van der Waals surface area contributed by atoms with Crippen LogP contribution < -0.4 is 0 Å². The van der Waals surface area contributed by atoms with Gasteiger partial charge in [0.1, 0.15) is 5.76 Å². The molecule has 0 aromatic carbocycles. The molecule has 37 heavy (non-hydrogen) atoms. The van der Waals surface area contributed by atoms with Gasteiger partial charge in [0.15, 0.2) is 0 Å². The second-order valence-electron chi connectivity index (χ2n) is 12.3. The maximum Gasteiger partial charge on any atom is 0.337 e. The Morgan fingerprint density at radius 3 is 1.95 bits per heavy atom. The number of allylic oxidation sites excluding steroid dienone is 9. The molecule has 0 aromatic rings. The van der Waals surface area contributed by atoms with Crippen LogP contribution in [0.2, 0.25) is 0 Å². The minimum atomic E-state index is -0.770. The van der Waals surface area contributed by atoms with Crippen LogP contribution in [0.1, 0.15) is 126 Å². The minimum absolute atomic E-state index is 0.236. The highest BCUT2D eigenvalue weighted by Gasteiger charge is 2.51. The average molecular weight is 511 g/mol. The zero-order valence-electron chi connectivity index (χ0n) is 25.1. The molecule has 1 spiro atoms. The third-order valence-corrected chi connectivity index (χ3v) is 7.87. The van der Waals surface area contributed by atoms with Crippen molar-refractivity contribution in [1.82, 2.24) is 0 Å². The summed E-state index contributed by atoms with van der Waals surface area (Å²) >= 11 is 0. The van der Waals surface area contributed by atoms with E-state index in [1.165, 1.54) is 35.1 Å². The smallest absolute Gasteiger partial charge is 0.337 e. The van der Waals surface area contributed by atoms with Crippen LogP contribution in [0.5, 0.6) is 0 Å². The van der Waals surface area contributed by atoms with Gasteiger partial charge >= 0.3 is 5.97 Å². The summed E-state index contributed by atoms with van der Waals surface area (Å²) in [4.78, 5) is 12.5. The van der Waals surface area contributed by atoms with E-state index >= 15 is 0 Å². The van der Waals surface area contributed by atoms with Gasteiger partial charge in [-0.3, -0.25) is 0 Å². The first-order valence-electron chi connectivity index (χ1n) is 14.7. The van der Waals surface area contributed by atoms with Gasteiger partial charge in [0.05, 0.1) is 6.08 Å². The molecule has 1 heterocycles. The predicted octanol–water partition coefficient (Wildman–Crippen LogP) is 10.2. The predicted molar refractivity (Wildman–Crippen MR) is 157 cm³/mol. The molecule has 2 rings (SSSR count). The molecule has 0 saturated heterocycles. The number of esters is 1. The largest absolute Gasteiger partial charge is 0.456 e. The molecular formula is C34H54O3. The van der Waals surface area contributed by atoms with Crippen LogP contribution in [0, 0.1) is 17.8 Å². The fourth-order valence-electron chi connectivity index (χ4n) is 5.67. The standard InChI is InChI=1S/C34H54O3/c1-25(2)13-9-14-27(5)15-10-16-28(6)17-11-18-29(7)19-12-20-31-23-33(35)37-34(36-31)24-30(8)21-22-32(34)26(3)4/h13,15,17,19,23,26,30,32H,9-12,14,16,18,20-22,24H2,1-8H3/b27-15+,28-17+,29-19+. The normalized spacial score (nSPS) is 25.2. The molecule has 0 bridgehead atoms. The first-order chi connectivity index (χ1) is 17.5. The molecule has 3 heteroatoms. The van der Waals surface area contributed by atoms with Crippen molar-refractivity contribution in [1.29, 1.82) is 0 Å². The van der Waals surface area contributed by atoms with E-state index in [9.17, 15) is 4.79 Å². The van der Waals surface area contributed by atoms with Crippen LogP contribution in [0.3, 0.4) is 0 Å². The van der Waals surface area contributed by atoms with E-state index in [2.05, 4.69) is 79.7 Å². The van der Waals surface area contributed by atoms with Crippen molar-refractivity contribution in [3.05, 3.63) is 58.4 Å². The molecule has 1 aliphatic heterocycles. The molecular weight excluding hydrogens is 456 g/mol. The Hall–Kier alpha value is -2.03. The zero-order chi connectivity index (χ0) is 27.4. The molecule has 1 saturated carbocycles. The van der Waals surface area contributed by atoms with Crippen molar-refractivity contribution in [3.63, 3.8) is 0 Å². The highest BCUT2D eigenvalue weighted by atomic mass is 16.7. The van der Waals surface area contributed by atoms with E-state index in [0.29, 0.717) is 11.8 Å². The third kappa shape index (κ3) is 11.1. The SMILES string of the molecule is CC(C)=CCC/C(C)=C/CC/C(C)=C/CC/C(C)=C/CCC1=CC(=O)OC2(CC(C)CCC2C(C)C)O1. The summed E-state index contributed by atoms with van der Waals surface area (Å²) in [5.74, 6) is 0.970. The molecule has 0 radical (unpaired) electrons. The topological polar surface area (TPSA) is 35.5 Å². The lowest BCUT2D eigenvalue weighted by Crippen LogP contribution is -2.52. The minimum Gasteiger partial charge on any atom is -0.456 e. The van der Waals surface area contributed by atoms with E-state index in [-0.39, 0.29) is 11.9 Å². The molecule has 0 aromatic heterocycles. The Labute approximate surface area is 228 Å². The fourth-order valence-corrected chi connectivity index (χ4v) is 5.67. The monoisotopic (exact) mass is 510 g/mol. The Balaban J connectivity index is 1.78. The number of carbonyl (C=O) groups is 1. The Bertz CT molecular complexity index is 894. The third-order valence-electron chi connectivity index (χ3n) is 7.87. The van der Waals surface area contributed by atoms with Gasteiger partial charge in [-0.05, 0) is 104 Å². The molecule has 0 amide bonds. The quantitative estimate of drug-likeness (QED) is 0.183. The number of hydrogen-bond donors (Lipinski definition) is 0. The van der Waals surface area contributed by atoms with Crippen molar-refractivity contribution in [2.45, 2.75) is 132 Å². The van der Waals surface area contributed by atoms with Crippen LogP contribution in [0.4, 0.5) is 0 Å². The maximum absolute atomic E-state index is 12.5. The second kappa shape index (κ2) is 15.4. The van der Waals surface area contributed by atoms with Crippen LogP contribution in [0.15, 0.2) is 58.4 Å². The van der Waals surface area contributed by atoms with E-state index in [1.807, 2.05) is 0 Å². The van der Waals surface area contributed by atoms with E-state index in [0.717, 1.165) is 63.5 Å². The first-order valence-corrected chi connectivity index (χ1v) is 14.7. The van der Waals surface area contributed by atoms with Crippen LogP contribution in [-0.2, 0) is 14.3 Å². The number of carbonyl (C=O) groups excluding carboxylic acids is 1. The number of rotatable bonds is 13. The van der Waals surface area contributed by atoms with Gasteiger partial charge < -0.3 is 9.47 Å². The van der Waals surface area contributed by atoms with Gasteiger partial charge in [-0.1, -0.05) is 67.4 Å². The molecule has 1 fully saturated rings. The molecule has 208 valence electrons. The lowest BCUT2D eigenvalue weighted by Gasteiger charge is -2.48. The van der Waals surface area contributed by atoms with Crippen molar-refractivity contribution in [3.8, 4) is 0 Å². The van der Waals surface area contributed by atoms with E-state index < -0.39 is 5.79 Å². The summed E-state index contributed by atoms with van der Waals surface area (Å²) in [6.07, 6.45) is 22.4. The molecule has 3 atom stereocenters. The van der Waals surface area contributed by atoms with Crippen molar-refractivity contribution < 1.29 is 14.3 Å². The molecule has 3 nitrogen and oxygen atoms in total. The Morgan fingerprint density at radius 1 is 0.865 bits per heavy atom. The Kier molecular flexibility index (Phi) is 13.0. The van der Waals surface area contributed by atoms with Crippen LogP contribution in [0.25, 0.3) is 0 Å². The Morgan fingerprint density at radius 2 is 1.41 bits per heavy atom. The maximum atomic E-state index is 12.5. The average Bonchev–Trinajstić information content (AvgIpc) is 2.78. The van der Waals surface area contributed by atoms with Gasteiger partial charge in [0.25, 0.3) is 5.79 Å². The van der Waals surface area contributed by atoms with E-state index in [4.69, 9.17) is 9.47 Å². The highest BCUT2D eigenvalue weighted by Crippen LogP contribution is 2.47.